The van der Waals surface area contributed by atoms with Gasteiger partial charge in [-0.15, -0.1) is 0 Å². The zero-order chi connectivity index (χ0) is 20.2. The third-order valence-electron chi connectivity index (χ3n) is 3.83. The predicted molar refractivity (Wildman–Crippen MR) is 99.1 cm³/mol. The second-order valence-corrected chi connectivity index (χ2v) is 7.25. The minimum atomic E-state index is -4.02. The number of benzene rings is 2. The molecule has 8 nitrogen and oxygen atoms in total. The van der Waals surface area contributed by atoms with Crippen molar-refractivity contribution in [2.75, 3.05) is 19.1 Å². The van der Waals surface area contributed by atoms with Crippen LogP contribution in [0.5, 0.6) is 5.75 Å². The number of anilines is 1. The van der Waals surface area contributed by atoms with Crippen molar-refractivity contribution in [3.8, 4) is 5.75 Å². The largest absolute Gasteiger partial charge is 0.496 e. The van der Waals surface area contributed by atoms with Crippen LogP contribution in [0.4, 0.5) is 5.69 Å². The van der Waals surface area contributed by atoms with Gasteiger partial charge in [0.15, 0.2) is 6.10 Å². The standard InChI is InChI=1S/C18H20N2O6S/c1-12(17(21)20(2)13-7-5-4-6-8-13)26-18(22)15-11-14(27(19,23)24)9-10-16(15)25-3/h4-12H,1-3H3,(H2,19,23,24)/t12-/m1/s1. The van der Waals surface area contributed by atoms with Crippen LogP contribution in [0.25, 0.3) is 0 Å². The Morgan fingerprint density at radius 3 is 2.30 bits per heavy atom. The molecule has 144 valence electrons. The number of primary sulfonamides is 1. The van der Waals surface area contributed by atoms with Crippen LogP contribution in [0, 0.1) is 0 Å². The van der Waals surface area contributed by atoms with E-state index in [-0.39, 0.29) is 16.2 Å². The summed E-state index contributed by atoms with van der Waals surface area (Å²) in [6, 6.07) is 12.4. The van der Waals surface area contributed by atoms with E-state index in [9.17, 15) is 18.0 Å². The number of rotatable bonds is 6. The number of methoxy groups -OCH3 is 1. The first kappa shape index (κ1) is 20.4. The molecule has 0 aromatic heterocycles. The fourth-order valence-corrected chi connectivity index (χ4v) is 2.89. The Bertz CT molecular complexity index is 944. The van der Waals surface area contributed by atoms with Gasteiger partial charge in [-0.3, -0.25) is 4.79 Å². The van der Waals surface area contributed by atoms with E-state index in [0.29, 0.717) is 5.69 Å². The van der Waals surface area contributed by atoms with Crippen LogP contribution in [0.15, 0.2) is 53.4 Å². The fourth-order valence-electron chi connectivity index (χ4n) is 2.35. The number of sulfonamides is 1. The van der Waals surface area contributed by atoms with Crippen LogP contribution in [-0.4, -0.2) is 40.6 Å². The lowest BCUT2D eigenvalue weighted by Gasteiger charge is -2.22. The van der Waals surface area contributed by atoms with E-state index in [2.05, 4.69) is 0 Å². The molecule has 2 N–H and O–H groups in total. The van der Waals surface area contributed by atoms with Crippen molar-refractivity contribution in [3.05, 3.63) is 54.1 Å². The summed E-state index contributed by atoms with van der Waals surface area (Å²) in [5.41, 5.74) is 0.491. The Morgan fingerprint density at radius 2 is 1.74 bits per heavy atom. The summed E-state index contributed by atoms with van der Waals surface area (Å²) in [4.78, 5) is 26.1. The summed E-state index contributed by atoms with van der Waals surface area (Å²) in [5, 5.41) is 5.09. The SMILES string of the molecule is COc1ccc(S(N)(=O)=O)cc1C(=O)O[C@H](C)C(=O)N(C)c1ccccc1. The molecule has 1 amide bonds. The molecular formula is C18H20N2O6S. The number of hydrogen-bond acceptors (Lipinski definition) is 6. The van der Waals surface area contributed by atoms with E-state index in [0.717, 1.165) is 6.07 Å². The minimum Gasteiger partial charge on any atom is -0.496 e. The molecule has 0 aliphatic carbocycles. The Hall–Kier alpha value is -2.91. The van der Waals surface area contributed by atoms with Crippen LogP contribution < -0.4 is 14.8 Å². The highest BCUT2D eigenvalue weighted by molar-refractivity contribution is 7.89. The molecule has 0 aliphatic heterocycles. The van der Waals surface area contributed by atoms with E-state index in [1.54, 1.807) is 31.3 Å². The number of nitrogens with two attached hydrogens (primary N) is 1. The molecule has 2 aromatic carbocycles. The molecular weight excluding hydrogens is 372 g/mol. The molecule has 0 unspecified atom stereocenters. The third-order valence-corrected chi connectivity index (χ3v) is 4.74. The van der Waals surface area contributed by atoms with Gasteiger partial charge >= 0.3 is 5.97 Å². The van der Waals surface area contributed by atoms with Crippen LogP contribution in [0.1, 0.15) is 17.3 Å². The molecule has 0 spiro atoms. The van der Waals surface area contributed by atoms with Gasteiger partial charge in [0.05, 0.1) is 12.0 Å². The maximum Gasteiger partial charge on any atom is 0.342 e. The molecule has 0 bridgehead atoms. The van der Waals surface area contributed by atoms with E-state index in [1.807, 2.05) is 6.07 Å². The van der Waals surface area contributed by atoms with Crippen LogP contribution in [-0.2, 0) is 19.6 Å². The lowest BCUT2D eigenvalue weighted by Crippen LogP contribution is -2.37. The lowest BCUT2D eigenvalue weighted by molar-refractivity contribution is -0.126. The van der Waals surface area contributed by atoms with Crippen LogP contribution in [0.3, 0.4) is 0 Å². The number of carbonyl (C=O) groups is 2. The maximum absolute atomic E-state index is 12.5. The van der Waals surface area contributed by atoms with Crippen molar-refractivity contribution in [1.29, 1.82) is 0 Å². The number of amides is 1. The topological polar surface area (TPSA) is 116 Å². The highest BCUT2D eigenvalue weighted by Gasteiger charge is 2.25. The van der Waals surface area contributed by atoms with Crippen molar-refractivity contribution in [3.63, 3.8) is 0 Å². The molecule has 2 rings (SSSR count). The monoisotopic (exact) mass is 392 g/mol. The molecule has 0 saturated heterocycles. The van der Waals surface area contributed by atoms with Gasteiger partial charge in [0.1, 0.15) is 11.3 Å². The number of hydrogen-bond donors (Lipinski definition) is 1. The molecule has 0 fully saturated rings. The van der Waals surface area contributed by atoms with Crippen LogP contribution >= 0.6 is 0 Å². The van der Waals surface area contributed by atoms with Crippen molar-refractivity contribution in [2.45, 2.75) is 17.9 Å². The number of para-hydroxylation sites is 1. The summed E-state index contributed by atoms with van der Waals surface area (Å²) < 4.78 is 33.3. The van der Waals surface area contributed by atoms with Gasteiger partial charge in [-0.1, -0.05) is 18.2 Å². The fraction of sp³-hybridized carbons (Fsp3) is 0.222. The Kier molecular flexibility index (Phi) is 6.19. The number of likely N-dealkylation sites (N-methyl/N-ethyl adjacent to an activating group) is 1. The molecule has 9 heteroatoms. The predicted octanol–water partition coefficient (Wildman–Crippen LogP) is 1.55. The van der Waals surface area contributed by atoms with Crippen molar-refractivity contribution in [1.82, 2.24) is 0 Å². The average Bonchev–Trinajstić information content (AvgIpc) is 2.66. The maximum atomic E-state index is 12.5. The molecule has 1 atom stereocenters. The van der Waals surface area contributed by atoms with E-state index in [1.165, 1.54) is 31.1 Å². The second kappa shape index (κ2) is 8.19. The van der Waals surface area contributed by atoms with Gasteiger partial charge in [-0.2, -0.15) is 0 Å². The van der Waals surface area contributed by atoms with Gasteiger partial charge in [-0.05, 0) is 37.3 Å². The molecule has 0 saturated carbocycles. The van der Waals surface area contributed by atoms with Gasteiger partial charge in [0.25, 0.3) is 5.91 Å². The van der Waals surface area contributed by atoms with Crippen LogP contribution in [0.2, 0.25) is 0 Å². The number of esters is 1. The quantitative estimate of drug-likeness (QED) is 0.746. The van der Waals surface area contributed by atoms with E-state index < -0.39 is 28.0 Å². The zero-order valence-corrected chi connectivity index (χ0v) is 15.9. The summed E-state index contributed by atoms with van der Waals surface area (Å²) in [5.74, 6) is -1.25. The van der Waals surface area contributed by atoms with E-state index in [4.69, 9.17) is 14.6 Å². The molecule has 0 aliphatic rings. The first-order valence-corrected chi connectivity index (χ1v) is 9.44. The van der Waals surface area contributed by atoms with Gasteiger partial charge in [-0.25, -0.2) is 18.4 Å². The van der Waals surface area contributed by atoms with E-state index >= 15 is 0 Å². The Balaban J connectivity index is 2.22. The summed E-state index contributed by atoms with van der Waals surface area (Å²) in [6.07, 6.45) is -1.11. The highest BCUT2D eigenvalue weighted by atomic mass is 32.2. The third kappa shape index (κ3) is 4.83. The normalized spacial score (nSPS) is 12.1. The van der Waals surface area contributed by atoms with Gasteiger partial charge in [0.2, 0.25) is 10.0 Å². The minimum absolute atomic E-state index is 0.100. The smallest absolute Gasteiger partial charge is 0.342 e. The van der Waals surface area contributed by atoms with Gasteiger partial charge in [0, 0.05) is 12.7 Å². The molecule has 0 radical (unpaired) electrons. The van der Waals surface area contributed by atoms with Crippen molar-refractivity contribution < 1.29 is 27.5 Å². The highest BCUT2D eigenvalue weighted by Crippen LogP contribution is 2.23. The first-order chi connectivity index (χ1) is 12.6. The second-order valence-electron chi connectivity index (χ2n) is 5.69. The Labute approximate surface area is 157 Å². The number of ether oxygens (including phenoxy) is 2. The average molecular weight is 392 g/mol. The summed E-state index contributed by atoms with van der Waals surface area (Å²) >= 11 is 0. The number of nitrogens with zero attached hydrogens (tertiary/aromatic N) is 1. The summed E-state index contributed by atoms with van der Waals surface area (Å²) in [6.45, 7) is 1.43. The van der Waals surface area contributed by atoms with Crippen molar-refractivity contribution >= 4 is 27.6 Å². The first-order valence-electron chi connectivity index (χ1n) is 7.89. The zero-order valence-electron chi connectivity index (χ0n) is 15.1. The molecule has 0 heterocycles. The van der Waals surface area contributed by atoms with Crippen molar-refractivity contribution in [2.24, 2.45) is 5.14 Å². The lowest BCUT2D eigenvalue weighted by atomic mass is 10.2. The number of carbonyl (C=O) groups excluding carboxylic acids is 2. The molecule has 27 heavy (non-hydrogen) atoms. The van der Waals surface area contributed by atoms with Gasteiger partial charge < -0.3 is 14.4 Å². The molecule has 2 aromatic rings. The summed E-state index contributed by atoms with van der Waals surface area (Å²) in [7, 11) is -1.14. The Morgan fingerprint density at radius 1 is 1.11 bits per heavy atom.